The Hall–Kier alpha value is -3.26. The monoisotopic (exact) mass is 358 g/mol. The number of fused-ring (bicyclic) bond motifs is 1. The molecule has 0 bridgehead atoms. The number of benzene rings is 1. The van der Waals surface area contributed by atoms with Crippen LogP contribution in [0.15, 0.2) is 47.2 Å². The summed E-state index contributed by atoms with van der Waals surface area (Å²) in [6, 6.07) is 7.49. The Balaban J connectivity index is 2.21. The molecule has 1 aromatic carbocycles. The second-order valence-electron chi connectivity index (χ2n) is 4.98. The van der Waals surface area contributed by atoms with Crippen LogP contribution >= 0.6 is 11.6 Å². The van der Waals surface area contributed by atoms with Crippen LogP contribution in [0.1, 0.15) is 11.1 Å². The molecular weight excluding hydrogens is 348 g/mol. The molecule has 0 amide bonds. The summed E-state index contributed by atoms with van der Waals surface area (Å²) < 4.78 is 4.76. The minimum absolute atomic E-state index is 0.117. The Bertz CT molecular complexity index is 939. The fourth-order valence-electron chi connectivity index (χ4n) is 2.24. The molecule has 25 heavy (non-hydrogen) atoms. The van der Waals surface area contributed by atoms with Crippen molar-refractivity contribution in [1.82, 2.24) is 10.3 Å². The lowest BCUT2D eigenvalue weighted by atomic mass is 10.1. The molecule has 0 aliphatic carbocycles. The Kier molecular flexibility index (Phi) is 4.44. The van der Waals surface area contributed by atoms with Gasteiger partial charge in [0.25, 0.3) is 5.69 Å². The van der Waals surface area contributed by atoms with E-state index in [2.05, 4.69) is 15.3 Å². The number of pyridine rings is 1. The second kappa shape index (κ2) is 6.70. The molecule has 0 radical (unpaired) electrons. The number of ether oxygens (including phenoxy) is 1. The number of hydrogen-bond acceptors (Lipinski definition) is 7. The molecule has 1 aliphatic rings. The van der Waals surface area contributed by atoms with E-state index in [4.69, 9.17) is 16.3 Å². The van der Waals surface area contributed by atoms with Crippen molar-refractivity contribution in [2.24, 2.45) is 4.99 Å². The Labute approximate surface area is 147 Å². The number of rotatable bonds is 3. The Morgan fingerprint density at radius 2 is 2.16 bits per heavy atom. The van der Waals surface area contributed by atoms with Gasteiger partial charge in [0.1, 0.15) is 16.7 Å². The molecule has 0 atom stereocenters. The maximum absolute atomic E-state index is 12.0. The molecule has 126 valence electrons. The first-order chi connectivity index (χ1) is 12.0. The van der Waals surface area contributed by atoms with Crippen molar-refractivity contribution in [1.29, 1.82) is 0 Å². The van der Waals surface area contributed by atoms with Crippen molar-refractivity contribution in [2.45, 2.75) is 0 Å². The van der Waals surface area contributed by atoms with Gasteiger partial charge >= 0.3 is 5.97 Å². The molecule has 0 unspecified atom stereocenters. The number of aliphatic imine (C=N–C) groups is 1. The first-order valence-electron chi connectivity index (χ1n) is 7.04. The second-order valence-corrected chi connectivity index (χ2v) is 5.34. The highest BCUT2D eigenvalue weighted by atomic mass is 35.5. The minimum Gasteiger partial charge on any atom is -0.464 e. The topological polar surface area (TPSA) is 107 Å². The van der Waals surface area contributed by atoms with Crippen molar-refractivity contribution in [3.05, 3.63) is 68.6 Å². The van der Waals surface area contributed by atoms with Crippen LogP contribution < -0.4 is 5.32 Å². The first kappa shape index (κ1) is 16.6. The molecule has 2 aromatic rings. The summed E-state index contributed by atoms with van der Waals surface area (Å²) in [5, 5.41) is 14.1. The van der Waals surface area contributed by atoms with Crippen molar-refractivity contribution >= 4 is 40.9 Å². The third-order valence-corrected chi connectivity index (χ3v) is 3.73. The predicted octanol–water partition coefficient (Wildman–Crippen LogP) is 2.84. The number of nitro benzene ring substituents is 1. The van der Waals surface area contributed by atoms with Gasteiger partial charge in [0.15, 0.2) is 0 Å². The predicted molar refractivity (Wildman–Crippen MR) is 91.7 cm³/mol. The number of non-ortho nitro benzene ring substituents is 1. The van der Waals surface area contributed by atoms with Crippen LogP contribution in [0.5, 0.6) is 0 Å². The van der Waals surface area contributed by atoms with E-state index >= 15 is 0 Å². The number of carbonyl (C=O) groups excluding carboxylic acids is 1. The quantitative estimate of drug-likeness (QED) is 0.391. The lowest BCUT2D eigenvalue weighted by Gasteiger charge is -2.10. The Morgan fingerprint density at radius 3 is 2.84 bits per heavy atom. The Morgan fingerprint density at radius 1 is 1.36 bits per heavy atom. The molecule has 1 aliphatic heterocycles. The van der Waals surface area contributed by atoms with Crippen LogP contribution in [0, 0.1) is 10.1 Å². The average Bonchev–Trinajstić information content (AvgIpc) is 2.80. The van der Waals surface area contributed by atoms with Gasteiger partial charge in [0.05, 0.1) is 23.3 Å². The maximum atomic E-state index is 12.0. The first-order valence-corrected chi connectivity index (χ1v) is 7.42. The molecule has 2 heterocycles. The van der Waals surface area contributed by atoms with Crippen LogP contribution in [0.25, 0.3) is 6.08 Å². The van der Waals surface area contributed by atoms with E-state index in [-0.39, 0.29) is 22.4 Å². The molecule has 8 nitrogen and oxygen atoms in total. The van der Waals surface area contributed by atoms with Gasteiger partial charge in [-0.2, -0.15) is 0 Å². The number of aromatic nitrogens is 1. The molecule has 3 rings (SSSR count). The highest BCUT2D eigenvalue weighted by Gasteiger charge is 2.21. The van der Waals surface area contributed by atoms with E-state index in [0.29, 0.717) is 16.8 Å². The van der Waals surface area contributed by atoms with Gasteiger partial charge < -0.3 is 10.1 Å². The lowest BCUT2D eigenvalue weighted by molar-refractivity contribution is -0.384. The number of hydrogen-bond donors (Lipinski definition) is 1. The number of esters is 1. The van der Waals surface area contributed by atoms with E-state index in [1.807, 2.05) is 0 Å². The molecule has 0 saturated carbocycles. The average molecular weight is 359 g/mol. The fourth-order valence-corrected chi connectivity index (χ4v) is 2.45. The number of nitrogens with one attached hydrogen (secondary N) is 1. The molecular formula is C16H11ClN4O4. The number of nitrogens with zero attached hydrogens (tertiary/aromatic N) is 3. The SMILES string of the molecule is COC(=O)C1=Cc2ccc([N+](=O)[O-])cc2N=C(c2cccnc2Cl)N1. The largest absolute Gasteiger partial charge is 0.464 e. The molecule has 0 fully saturated rings. The number of carbonyl (C=O) groups is 1. The molecule has 1 N–H and O–H groups in total. The summed E-state index contributed by atoms with van der Waals surface area (Å²) in [6.45, 7) is 0. The van der Waals surface area contributed by atoms with E-state index in [0.717, 1.165) is 0 Å². The summed E-state index contributed by atoms with van der Waals surface area (Å²) in [5.41, 5.74) is 1.28. The fraction of sp³-hybridized carbons (Fsp3) is 0.0625. The van der Waals surface area contributed by atoms with Crippen molar-refractivity contribution < 1.29 is 14.5 Å². The van der Waals surface area contributed by atoms with Gasteiger partial charge in [-0.05, 0) is 24.3 Å². The van der Waals surface area contributed by atoms with Crippen LogP contribution in [0.2, 0.25) is 5.15 Å². The third-order valence-electron chi connectivity index (χ3n) is 3.43. The van der Waals surface area contributed by atoms with Crippen LogP contribution in [-0.4, -0.2) is 28.8 Å². The van der Waals surface area contributed by atoms with Gasteiger partial charge in [0.2, 0.25) is 0 Å². The van der Waals surface area contributed by atoms with E-state index in [1.165, 1.54) is 37.6 Å². The zero-order valence-corrected chi connectivity index (χ0v) is 13.6. The molecule has 0 spiro atoms. The van der Waals surface area contributed by atoms with E-state index in [9.17, 15) is 14.9 Å². The summed E-state index contributed by atoms with van der Waals surface area (Å²) in [5.74, 6) is -0.382. The van der Waals surface area contributed by atoms with Gasteiger partial charge in [-0.3, -0.25) is 10.1 Å². The van der Waals surface area contributed by atoms with Crippen molar-refractivity contribution in [3.63, 3.8) is 0 Å². The van der Waals surface area contributed by atoms with E-state index in [1.54, 1.807) is 12.1 Å². The molecule has 1 aromatic heterocycles. The van der Waals surface area contributed by atoms with Gasteiger partial charge in [-0.15, -0.1) is 0 Å². The third kappa shape index (κ3) is 3.33. The van der Waals surface area contributed by atoms with Gasteiger partial charge in [-0.1, -0.05) is 11.6 Å². The summed E-state index contributed by atoms with van der Waals surface area (Å²) >= 11 is 6.11. The standard InChI is InChI=1S/C16H11ClN4O4/c1-25-16(22)13-7-9-4-5-10(21(23)24)8-12(9)19-15(20-13)11-3-2-6-18-14(11)17/h2-8H,1H3,(H,19,20). The normalized spacial score (nSPS) is 12.9. The lowest BCUT2D eigenvalue weighted by Crippen LogP contribution is -2.28. The molecule has 0 saturated heterocycles. The number of amidine groups is 1. The van der Waals surface area contributed by atoms with Crippen molar-refractivity contribution in [3.8, 4) is 0 Å². The van der Waals surface area contributed by atoms with Crippen LogP contribution in [0.3, 0.4) is 0 Å². The number of nitro groups is 1. The number of halogens is 1. The molecule has 9 heteroatoms. The smallest absolute Gasteiger partial charge is 0.354 e. The van der Waals surface area contributed by atoms with Crippen molar-refractivity contribution in [2.75, 3.05) is 7.11 Å². The summed E-state index contributed by atoms with van der Waals surface area (Å²) in [6.07, 6.45) is 3.02. The van der Waals surface area contributed by atoms with Gasteiger partial charge in [0, 0.05) is 23.9 Å². The zero-order valence-electron chi connectivity index (χ0n) is 12.9. The maximum Gasteiger partial charge on any atom is 0.354 e. The van der Waals surface area contributed by atoms with Crippen LogP contribution in [-0.2, 0) is 9.53 Å². The highest BCUT2D eigenvalue weighted by molar-refractivity contribution is 6.33. The van der Waals surface area contributed by atoms with Gasteiger partial charge in [-0.25, -0.2) is 14.8 Å². The highest BCUT2D eigenvalue weighted by Crippen LogP contribution is 2.30. The number of methoxy groups -OCH3 is 1. The minimum atomic E-state index is -0.612. The van der Waals surface area contributed by atoms with E-state index < -0.39 is 10.9 Å². The van der Waals surface area contributed by atoms with Crippen LogP contribution in [0.4, 0.5) is 11.4 Å². The summed E-state index contributed by atoms with van der Waals surface area (Å²) in [7, 11) is 1.25. The summed E-state index contributed by atoms with van der Waals surface area (Å²) in [4.78, 5) is 30.9. The zero-order chi connectivity index (χ0) is 18.0.